The number of halogens is 1. The predicted octanol–water partition coefficient (Wildman–Crippen LogP) is 4.13. The fraction of sp³-hybridized carbons (Fsp3) is 0.559. The van der Waals surface area contributed by atoms with Crippen LogP contribution in [0.1, 0.15) is 31.4 Å². The van der Waals surface area contributed by atoms with Gasteiger partial charge in [-0.25, -0.2) is 13.2 Å². The summed E-state index contributed by atoms with van der Waals surface area (Å²) in [5.41, 5.74) is 2.32. The second kappa shape index (κ2) is 15.5. The molecule has 0 spiro atoms. The van der Waals surface area contributed by atoms with Crippen LogP contribution in [0.2, 0.25) is 0 Å². The first-order valence-electron chi connectivity index (χ1n) is 16.5. The number of aliphatic hydroxyl groups is 1. The molecule has 2 aromatic carbocycles. The molecule has 48 heavy (non-hydrogen) atoms. The van der Waals surface area contributed by atoms with Crippen LogP contribution in [0.4, 0.5) is 4.79 Å². The number of carbonyl (C=O) groups excluding carboxylic acids is 1. The molecule has 6 rings (SSSR count). The Kier molecular flexibility index (Phi) is 11.4. The Labute approximate surface area is 289 Å². The molecule has 12 nitrogen and oxygen atoms in total. The highest BCUT2D eigenvalue weighted by atomic mass is 79.9. The summed E-state index contributed by atoms with van der Waals surface area (Å²) in [5.74, 6) is -0.0763. The number of aliphatic hydroxyl groups excluding tert-OH is 1. The smallest absolute Gasteiger partial charge is 0.407 e. The standard InChI is InChI=1S/C34H44BrN3O9S/c1-22(2)18-38(48(41,42)24-8-9-30-26(17-24)27(32(35)46-30)19-37-11-14-43-15-12-37)20-29(39)28(16-23-6-4-3-5-7-23)36-34(40)47-31-21-45-33-25(31)10-13-44-33/h3-9,17,22,25,28-29,31,33,39H,10-16,18-21H2,1-2H3,(H,36,40)/t25-,28-,29+,31?,33+/m0/s1. The lowest BCUT2D eigenvalue weighted by Crippen LogP contribution is -2.51. The van der Waals surface area contributed by atoms with E-state index in [1.54, 1.807) is 12.1 Å². The molecule has 3 aliphatic rings. The number of amides is 1. The Morgan fingerprint density at radius 1 is 1.10 bits per heavy atom. The highest BCUT2D eigenvalue weighted by molar-refractivity contribution is 9.10. The van der Waals surface area contributed by atoms with Gasteiger partial charge in [0.05, 0.1) is 49.4 Å². The first-order valence-corrected chi connectivity index (χ1v) is 18.8. The van der Waals surface area contributed by atoms with Crippen LogP contribution in [0.3, 0.4) is 0 Å². The molecule has 3 saturated heterocycles. The van der Waals surface area contributed by atoms with Gasteiger partial charge in [0.2, 0.25) is 10.0 Å². The lowest BCUT2D eigenvalue weighted by molar-refractivity contribution is -0.0907. The Morgan fingerprint density at radius 2 is 1.88 bits per heavy atom. The molecule has 3 aromatic rings. The molecule has 4 heterocycles. The molecular weight excluding hydrogens is 706 g/mol. The van der Waals surface area contributed by atoms with E-state index in [-0.39, 0.29) is 49.1 Å². The molecule has 0 saturated carbocycles. The van der Waals surface area contributed by atoms with E-state index in [9.17, 15) is 18.3 Å². The van der Waals surface area contributed by atoms with Crippen LogP contribution in [-0.4, -0.2) is 106 Å². The Hall–Kier alpha value is -2.56. The van der Waals surface area contributed by atoms with E-state index in [1.165, 1.54) is 10.4 Å². The minimum atomic E-state index is -4.08. The van der Waals surface area contributed by atoms with Crippen LogP contribution < -0.4 is 5.32 Å². The normalized spacial score (nSPS) is 23.1. The van der Waals surface area contributed by atoms with Gasteiger partial charge in [-0.05, 0) is 58.5 Å². The summed E-state index contributed by atoms with van der Waals surface area (Å²) in [6.45, 7) is 7.96. The van der Waals surface area contributed by atoms with Gasteiger partial charge >= 0.3 is 6.09 Å². The molecule has 0 radical (unpaired) electrons. The van der Waals surface area contributed by atoms with Gasteiger partial charge in [0, 0.05) is 43.7 Å². The van der Waals surface area contributed by atoms with Crippen LogP contribution in [0.15, 0.2) is 62.5 Å². The van der Waals surface area contributed by atoms with Gasteiger partial charge in [-0.3, -0.25) is 4.90 Å². The van der Waals surface area contributed by atoms with E-state index >= 15 is 0 Å². The fourth-order valence-corrected chi connectivity index (χ4v) is 8.73. The van der Waals surface area contributed by atoms with Crippen LogP contribution in [0.25, 0.3) is 11.0 Å². The quantitative estimate of drug-likeness (QED) is 0.262. The number of ether oxygens (including phenoxy) is 4. The number of morpholine rings is 1. The summed E-state index contributed by atoms with van der Waals surface area (Å²) in [6, 6.07) is 13.4. The maximum Gasteiger partial charge on any atom is 0.407 e. The van der Waals surface area contributed by atoms with Gasteiger partial charge in [0.1, 0.15) is 11.7 Å². The maximum absolute atomic E-state index is 14.3. The third kappa shape index (κ3) is 8.24. The summed E-state index contributed by atoms with van der Waals surface area (Å²) < 4.78 is 58.8. The number of carbonyl (C=O) groups is 1. The lowest BCUT2D eigenvalue weighted by Gasteiger charge is -2.31. The zero-order valence-electron chi connectivity index (χ0n) is 27.3. The molecule has 1 aromatic heterocycles. The van der Waals surface area contributed by atoms with E-state index in [1.807, 2.05) is 44.2 Å². The Balaban J connectivity index is 1.22. The third-order valence-electron chi connectivity index (χ3n) is 9.11. The first-order chi connectivity index (χ1) is 23.1. The summed E-state index contributed by atoms with van der Waals surface area (Å²) in [5, 5.41) is 15.2. The van der Waals surface area contributed by atoms with E-state index < -0.39 is 34.4 Å². The molecule has 14 heteroatoms. The number of rotatable bonds is 13. The van der Waals surface area contributed by atoms with Gasteiger partial charge in [-0.15, -0.1) is 0 Å². The second-order valence-electron chi connectivity index (χ2n) is 13.1. The summed E-state index contributed by atoms with van der Waals surface area (Å²) in [6.07, 6.45) is -1.78. The van der Waals surface area contributed by atoms with Crippen molar-refractivity contribution in [1.82, 2.24) is 14.5 Å². The van der Waals surface area contributed by atoms with E-state index in [0.717, 1.165) is 30.6 Å². The molecule has 2 N–H and O–H groups in total. The van der Waals surface area contributed by atoms with Crippen LogP contribution in [0, 0.1) is 11.8 Å². The van der Waals surface area contributed by atoms with Crippen molar-refractivity contribution in [3.8, 4) is 0 Å². The number of benzene rings is 2. The van der Waals surface area contributed by atoms with Crippen molar-refractivity contribution in [2.24, 2.45) is 11.8 Å². The van der Waals surface area contributed by atoms with Gasteiger partial charge in [0.25, 0.3) is 0 Å². The van der Waals surface area contributed by atoms with E-state index in [4.69, 9.17) is 23.4 Å². The largest absolute Gasteiger partial charge is 0.449 e. The van der Waals surface area contributed by atoms with Crippen molar-refractivity contribution in [1.29, 1.82) is 0 Å². The van der Waals surface area contributed by atoms with Crippen LogP contribution in [0.5, 0.6) is 0 Å². The molecule has 3 fully saturated rings. The highest BCUT2D eigenvalue weighted by Crippen LogP contribution is 2.35. The number of fused-ring (bicyclic) bond motifs is 2. The SMILES string of the molecule is CC(C)CN(C[C@@H](O)[C@H](Cc1ccccc1)NC(=O)OC1CO[C@H]2OCC[C@@H]12)S(=O)(=O)c1ccc2oc(Br)c(CN3CCOCC3)c2c1. The highest BCUT2D eigenvalue weighted by Gasteiger charge is 2.44. The van der Waals surface area contributed by atoms with Crippen molar-refractivity contribution >= 4 is 43.0 Å². The molecule has 3 aliphatic heterocycles. The lowest BCUT2D eigenvalue weighted by atomic mass is 10.0. The zero-order chi connectivity index (χ0) is 33.8. The monoisotopic (exact) mass is 749 g/mol. The third-order valence-corrected chi connectivity index (χ3v) is 11.6. The number of furan rings is 1. The minimum absolute atomic E-state index is 0.0369. The number of nitrogens with one attached hydrogen (secondary N) is 1. The van der Waals surface area contributed by atoms with Gasteiger partial charge in [0.15, 0.2) is 11.0 Å². The van der Waals surface area contributed by atoms with Crippen molar-refractivity contribution in [3.63, 3.8) is 0 Å². The van der Waals surface area contributed by atoms with Gasteiger partial charge in [-0.2, -0.15) is 4.31 Å². The average Bonchev–Trinajstić information content (AvgIpc) is 3.77. The summed E-state index contributed by atoms with van der Waals surface area (Å²) in [4.78, 5) is 15.5. The van der Waals surface area contributed by atoms with E-state index in [0.29, 0.717) is 42.0 Å². The molecule has 1 unspecified atom stereocenters. The fourth-order valence-electron chi connectivity index (χ4n) is 6.57. The van der Waals surface area contributed by atoms with E-state index in [2.05, 4.69) is 26.1 Å². The molecule has 5 atom stereocenters. The zero-order valence-corrected chi connectivity index (χ0v) is 29.7. The molecule has 0 bridgehead atoms. The molecule has 0 aliphatic carbocycles. The van der Waals surface area contributed by atoms with Crippen molar-refractivity contribution < 1.29 is 41.7 Å². The summed E-state index contributed by atoms with van der Waals surface area (Å²) >= 11 is 3.53. The Bertz CT molecular complexity index is 1650. The van der Waals surface area contributed by atoms with Gasteiger partial charge < -0.3 is 33.8 Å². The minimum Gasteiger partial charge on any atom is -0.449 e. The number of hydrogen-bond donors (Lipinski definition) is 2. The molecular formula is C34H44BrN3O9S. The van der Waals surface area contributed by atoms with Crippen molar-refractivity contribution in [2.75, 3.05) is 52.6 Å². The molecule has 1 amide bonds. The maximum atomic E-state index is 14.3. The first kappa shape index (κ1) is 35.3. The number of hydrogen-bond acceptors (Lipinski definition) is 10. The van der Waals surface area contributed by atoms with Crippen LogP contribution >= 0.6 is 15.9 Å². The number of alkyl carbamates (subject to hydrolysis) is 1. The predicted molar refractivity (Wildman–Crippen MR) is 181 cm³/mol. The summed E-state index contributed by atoms with van der Waals surface area (Å²) in [7, 11) is -4.08. The van der Waals surface area contributed by atoms with Crippen molar-refractivity contribution in [3.05, 3.63) is 64.3 Å². The second-order valence-corrected chi connectivity index (χ2v) is 15.8. The topological polar surface area (TPSA) is 140 Å². The average molecular weight is 751 g/mol. The Morgan fingerprint density at radius 3 is 2.62 bits per heavy atom. The number of sulfonamides is 1. The van der Waals surface area contributed by atoms with Crippen LogP contribution in [-0.2, 0) is 41.9 Å². The molecule has 262 valence electrons. The van der Waals surface area contributed by atoms with Gasteiger partial charge in [-0.1, -0.05) is 44.2 Å². The number of nitrogens with zero attached hydrogens (tertiary/aromatic N) is 2. The van der Waals surface area contributed by atoms with Crippen molar-refractivity contribution in [2.45, 2.75) is 62.7 Å².